The number of nitrogens with zero attached hydrogens (tertiary/aromatic N) is 4. The molecule has 0 amide bonds. The van der Waals surface area contributed by atoms with Crippen LogP contribution in [0.4, 0.5) is 10.1 Å². The number of benzene rings is 1. The van der Waals surface area contributed by atoms with Crippen molar-refractivity contribution in [2.24, 2.45) is 7.05 Å². The van der Waals surface area contributed by atoms with E-state index in [0.29, 0.717) is 18.8 Å². The molecule has 0 atom stereocenters. The molecule has 8 heteroatoms. The SMILES string of the molecule is Cn1cc(-c2ccn(Cc3cccc(F)c3Cl)c(=O)c2)c2cc(N3CCOCC3)cnc21. The Labute approximate surface area is 189 Å². The molecule has 164 valence electrons. The number of rotatable bonds is 4. The molecular weight excluding hydrogens is 431 g/mol. The lowest BCUT2D eigenvalue weighted by Gasteiger charge is -2.28. The molecule has 1 fully saturated rings. The van der Waals surface area contributed by atoms with E-state index in [9.17, 15) is 9.18 Å². The van der Waals surface area contributed by atoms with Crippen molar-refractivity contribution in [3.8, 4) is 11.1 Å². The molecule has 32 heavy (non-hydrogen) atoms. The molecule has 4 heterocycles. The number of halogens is 2. The fourth-order valence-electron chi connectivity index (χ4n) is 4.13. The van der Waals surface area contributed by atoms with E-state index in [2.05, 4.69) is 16.0 Å². The highest BCUT2D eigenvalue weighted by molar-refractivity contribution is 6.31. The third-order valence-corrected chi connectivity index (χ3v) is 6.28. The molecule has 6 nitrogen and oxygen atoms in total. The second kappa shape index (κ2) is 8.41. The van der Waals surface area contributed by atoms with Crippen LogP contribution in [-0.2, 0) is 18.3 Å². The zero-order chi connectivity index (χ0) is 22.2. The molecule has 0 spiro atoms. The topological polar surface area (TPSA) is 52.3 Å². The van der Waals surface area contributed by atoms with Crippen LogP contribution in [0, 0.1) is 5.82 Å². The van der Waals surface area contributed by atoms with Crippen LogP contribution in [0.15, 0.2) is 59.8 Å². The molecule has 5 rings (SSSR count). The molecule has 0 aliphatic carbocycles. The van der Waals surface area contributed by atoms with Gasteiger partial charge >= 0.3 is 0 Å². The van der Waals surface area contributed by atoms with E-state index in [-0.39, 0.29) is 17.1 Å². The Balaban J connectivity index is 1.51. The zero-order valence-electron chi connectivity index (χ0n) is 17.6. The van der Waals surface area contributed by atoms with Gasteiger partial charge in [-0.3, -0.25) is 4.79 Å². The van der Waals surface area contributed by atoms with Gasteiger partial charge in [-0.25, -0.2) is 9.37 Å². The Hall–Kier alpha value is -3.16. The Bertz CT molecular complexity index is 1360. The van der Waals surface area contributed by atoms with Crippen molar-refractivity contribution in [3.63, 3.8) is 0 Å². The maximum Gasteiger partial charge on any atom is 0.251 e. The summed E-state index contributed by atoms with van der Waals surface area (Å²) in [4.78, 5) is 19.8. The first kappa shape index (κ1) is 20.7. The Morgan fingerprint density at radius 1 is 1.19 bits per heavy atom. The van der Waals surface area contributed by atoms with Crippen LogP contribution >= 0.6 is 11.6 Å². The maximum atomic E-state index is 13.7. The number of aromatic nitrogens is 3. The average molecular weight is 453 g/mol. The van der Waals surface area contributed by atoms with E-state index in [1.807, 2.05) is 30.1 Å². The molecule has 0 saturated carbocycles. The lowest BCUT2D eigenvalue weighted by molar-refractivity contribution is 0.122. The summed E-state index contributed by atoms with van der Waals surface area (Å²) in [5, 5.41) is 1.03. The van der Waals surface area contributed by atoms with Gasteiger partial charge in [0.2, 0.25) is 0 Å². The molecule has 0 unspecified atom stereocenters. The number of fused-ring (bicyclic) bond motifs is 1. The van der Waals surface area contributed by atoms with Crippen molar-refractivity contribution in [1.29, 1.82) is 0 Å². The van der Waals surface area contributed by atoms with Crippen molar-refractivity contribution in [2.75, 3.05) is 31.2 Å². The second-order valence-corrected chi connectivity index (χ2v) is 8.29. The van der Waals surface area contributed by atoms with Gasteiger partial charge in [-0.1, -0.05) is 23.7 Å². The number of anilines is 1. The van der Waals surface area contributed by atoms with Crippen LogP contribution in [-0.4, -0.2) is 40.4 Å². The first-order chi connectivity index (χ1) is 15.5. The quantitative estimate of drug-likeness (QED) is 0.468. The minimum atomic E-state index is -0.492. The highest BCUT2D eigenvalue weighted by atomic mass is 35.5. The van der Waals surface area contributed by atoms with Gasteiger partial charge < -0.3 is 18.8 Å². The van der Waals surface area contributed by atoms with Gasteiger partial charge in [0.25, 0.3) is 5.56 Å². The van der Waals surface area contributed by atoms with E-state index in [0.717, 1.165) is 40.9 Å². The van der Waals surface area contributed by atoms with E-state index in [1.165, 1.54) is 10.6 Å². The average Bonchev–Trinajstić information content (AvgIpc) is 3.14. The molecule has 1 aromatic carbocycles. The van der Waals surface area contributed by atoms with Crippen LogP contribution in [0.1, 0.15) is 5.56 Å². The van der Waals surface area contributed by atoms with Crippen molar-refractivity contribution < 1.29 is 9.13 Å². The Morgan fingerprint density at radius 3 is 2.78 bits per heavy atom. The molecule has 0 bridgehead atoms. The molecule has 4 aromatic rings. The van der Waals surface area contributed by atoms with Crippen LogP contribution in [0.3, 0.4) is 0 Å². The number of aryl methyl sites for hydroxylation is 1. The van der Waals surface area contributed by atoms with Gasteiger partial charge in [0, 0.05) is 49.5 Å². The largest absolute Gasteiger partial charge is 0.378 e. The fourth-order valence-corrected chi connectivity index (χ4v) is 4.32. The number of hydrogen-bond donors (Lipinski definition) is 0. The summed E-state index contributed by atoms with van der Waals surface area (Å²) >= 11 is 6.06. The molecule has 0 radical (unpaired) electrons. The molecule has 1 aliphatic rings. The normalized spacial score (nSPS) is 14.3. The molecule has 3 aromatic heterocycles. The third kappa shape index (κ3) is 3.78. The summed E-state index contributed by atoms with van der Waals surface area (Å²) in [6.07, 6.45) is 5.60. The number of ether oxygens (including phenoxy) is 1. The first-order valence-electron chi connectivity index (χ1n) is 10.4. The summed E-state index contributed by atoms with van der Waals surface area (Å²) in [6, 6.07) is 10.2. The Kier molecular flexibility index (Phi) is 5.45. The van der Waals surface area contributed by atoms with Gasteiger partial charge in [-0.15, -0.1) is 0 Å². The molecular formula is C24H22ClFN4O2. The number of pyridine rings is 2. The van der Waals surface area contributed by atoms with Crippen LogP contribution in [0.2, 0.25) is 5.02 Å². The van der Waals surface area contributed by atoms with E-state index >= 15 is 0 Å². The van der Waals surface area contributed by atoms with E-state index in [1.54, 1.807) is 24.4 Å². The first-order valence-corrected chi connectivity index (χ1v) is 10.8. The lowest BCUT2D eigenvalue weighted by Crippen LogP contribution is -2.36. The van der Waals surface area contributed by atoms with Crippen LogP contribution < -0.4 is 10.5 Å². The monoisotopic (exact) mass is 452 g/mol. The standard InChI is InChI=1S/C24H22ClFN4O2/c1-28-15-20(19-12-18(13-27-24(19)28)29-7-9-32-10-8-29)16-5-6-30(22(31)11-16)14-17-3-2-4-21(26)23(17)25/h2-6,11-13,15H,7-10,14H2,1H3. The van der Waals surface area contributed by atoms with Gasteiger partial charge in [-0.2, -0.15) is 0 Å². The highest BCUT2D eigenvalue weighted by Crippen LogP contribution is 2.31. The zero-order valence-corrected chi connectivity index (χ0v) is 18.3. The smallest absolute Gasteiger partial charge is 0.251 e. The number of morpholine rings is 1. The summed E-state index contributed by atoms with van der Waals surface area (Å²) in [7, 11) is 1.94. The fraction of sp³-hybridized carbons (Fsp3) is 0.250. The van der Waals surface area contributed by atoms with Gasteiger partial charge in [0.05, 0.1) is 36.7 Å². The van der Waals surface area contributed by atoms with Crippen LogP contribution in [0.25, 0.3) is 22.2 Å². The summed E-state index contributed by atoms with van der Waals surface area (Å²) < 4.78 is 22.7. The van der Waals surface area contributed by atoms with E-state index < -0.39 is 5.82 Å². The summed E-state index contributed by atoms with van der Waals surface area (Å²) in [5.74, 6) is -0.492. The van der Waals surface area contributed by atoms with Crippen molar-refractivity contribution >= 4 is 28.3 Å². The maximum absolute atomic E-state index is 13.7. The molecule has 1 saturated heterocycles. The lowest BCUT2D eigenvalue weighted by atomic mass is 10.1. The van der Waals surface area contributed by atoms with Gasteiger partial charge in [0.1, 0.15) is 11.5 Å². The minimum Gasteiger partial charge on any atom is -0.378 e. The summed E-state index contributed by atoms with van der Waals surface area (Å²) in [6.45, 7) is 3.26. The predicted molar refractivity (Wildman–Crippen MR) is 124 cm³/mol. The third-order valence-electron chi connectivity index (χ3n) is 5.85. The van der Waals surface area contributed by atoms with E-state index in [4.69, 9.17) is 16.3 Å². The predicted octanol–water partition coefficient (Wildman–Crippen LogP) is 4.08. The second-order valence-electron chi connectivity index (χ2n) is 7.91. The summed E-state index contributed by atoms with van der Waals surface area (Å²) in [5.41, 5.74) is 4.03. The minimum absolute atomic E-state index is 0.0410. The highest BCUT2D eigenvalue weighted by Gasteiger charge is 2.16. The molecule has 0 N–H and O–H groups in total. The van der Waals surface area contributed by atoms with Crippen molar-refractivity contribution in [1.82, 2.24) is 14.1 Å². The molecule has 1 aliphatic heterocycles. The van der Waals surface area contributed by atoms with Crippen molar-refractivity contribution in [2.45, 2.75) is 6.54 Å². The van der Waals surface area contributed by atoms with Crippen LogP contribution in [0.5, 0.6) is 0 Å². The van der Waals surface area contributed by atoms with Crippen molar-refractivity contribution in [3.05, 3.63) is 81.7 Å². The van der Waals surface area contributed by atoms with Gasteiger partial charge in [-0.05, 0) is 29.3 Å². The number of hydrogen-bond acceptors (Lipinski definition) is 4. The van der Waals surface area contributed by atoms with Gasteiger partial charge in [0.15, 0.2) is 0 Å². The Morgan fingerprint density at radius 2 is 2.00 bits per heavy atom.